The Labute approximate surface area is 138 Å². The summed E-state index contributed by atoms with van der Waals surface area (Å²) in [6.07, 6.45) is 1.06. The quantitative estimate of drug-likeness (QED) is 0.360. The van der Waals surface area contributed by atoms with Crippen LogP contribution in [0.4, 0.5) is 0 Å². The average Bonchev–Trinajstić information content (AvgIpc) is 2.43. The molecule has 1 aromatic carbocycles. The normalized spacial score (nSPS) is 11.8. The van der Waals surface area contributed by atoms with E-state index in [2.05, 4.69) is 0 Å². The number of aryl methyl sites for hydroxylation is 1. The monoisotopic (exact) mass is 339 g/mol. The van der Waals surface area contributed by atoms with Crippen molar-refractivity contribution in [3.05, 3.63) is 35.4 Å². The maximum Gasteiger partial charge on any atom is 0.218 e. The van der Waals surface area contributed by atoms with Gasteiger partial charge >= 0.3 is 0 Å². The van der Waals surface area contributed by atoms with Gasteiger partial charge < -0.3 is 17.2 Å². The third kappa shape index (κ3) is 7.37. The minimum absolute atomic E-state index is 0.0346. The molecule has 120 valence electrons. The molecule has 0 heterocycles. The van der Waals surface area contributed by atoms with Crippen LogP contribution in [0.5, 0.6) is 0 Å². The minimum Gasteiger partial charge on any atom is -0.379 e. The van der Waals surface area contributed by atoms with Crippen molar-refractivity contribution in [1.29, 1.82) is 10.8 Å². The van der Waals surface area contributed by atoms with Gasteiger partial charge in [0.25, 0.3) is 0 Å². The summed E-state index contributed by atoms with van der Waals surface area (Å²) in [6, 6.07) is 7.95. The predicted molar refractivity (Wildman–Crippen MR) is 95.4 cm³/mol. The molecule has 1 amide bonds. The molecule has 0 bridgehead atoms. The van der Waals surface area contributed by atoms with E-state index in [4.69, 9.17) is 28.0 Å². The van der Waals surface area contributed by atoms with Gasteiger partial charge in [-0.25, -0.2) is 0 Å². The molecule has 0 radical (unpaired) electrons. The summed E-state index contributed by atoms with van der Waals surface area (Å²) in [5, 5.41) is 14.6. The molecule has 0 aliphatic rings. The molecule has 1 aromatic rings. The highest BCUT2D eigenvalue weighted by Crippen LogP contribution is 2.24. The number of nitrogens with two attached hydrogens (primary N) is 3. The molecule has 0 aliphatic carbocycles. The smallest absolute Gasteiger partial charge is 0.218 e. The van der Waals surface area contributed by atoms with E-state index in [0.29, 0.717) is 5.75 Å². The summed E-state index contributed by atoms with van der Waals surface area (Å²) < 4.78 is 0. The summed E-state index contributed by atoms with van der Waals surface area (Å²) in [7, 11) is 0. The fourth-order valence-electron chi connectivity index (χ4n) is 1.94. The molecule has 0 saturated carbocycles. The summed E-state index contributed by atoms with van der Waals surface area (Å²) in [5.74, 6) is 0.903. The highest BCUT2D eigenvalue weighted by Gasteiger charge is 2.15. The maximum atomic E-state index is 11.2. The zero-order valence-corrected chi connectivity index (χ0v) is 13.8. The number of carbonyl (C=O) groups is 1. The summed E-state index contributed by atoms with van der Waals surface area (Å²) in [5.41, 5.74) is 18.1. The van der Waals surface area contributed by atoms with Crippen molar-refractivity contribution < 1.29 is 4.79 Å². The highest BCUT2D eigenvalue weighted by atomic mass is 32.2. The number of primary amides is 1. The zero-order valence-electron chi connectivity index (χ0n) is 12.2. The van der Waals surface area contributed by atoms with Gasteiger partial charge in [0.05, 0.1) is 0 Å². The Kier molecular flexibility index (Phi) is 7.83. The number of carbonyl (C=O) groups excluding carboxylic acids is 1. The number of amidine groups is 2. The third-order valence-corrected chi connectivity index (χ3v) is 4.59. The van der Waals surface area contributed by atoms with E-state index in [1.54, 1.807) is 0 Å². The molecule has 0 saturated heterocycles. The van der Waals surface area contributed by atoms with Crippen molar-refractivity contribution in [3.8, 4) is 0 Å². The second-order valence-electron chi connectivity index (χ2n) is 4.75. The van der Waals surface area contributed by atoms with Crippen LogP contribution in [0.3, 0.4) is 0 Å². The lowest BCUT2D eigenvalue weighted by Crippen LogP contribution is -2.18. The molecule has 0 aromatic heterocycles. The molecule has 0 aliphatic heterocycles. The first-order valence-corrected chi connectivity index (χ1v) is 8.66. The van der Waals surface area contributed by atoms with Crippen LogP contribution < -0.4 is 17.2 Å². The Balaban J connectivity index is 2.67. The predicted octanol–water partition coefficient (Wildman–Crippen LogP) is 1.44. The van der Waals surface area contributed by atoms with Gasteiger partial charge in [0.2, 0.25) is 5.91 Å². The van der Waals surface area contributed by atoms with Crippen LogP contribution in [-0.2, 0) is 11.2 Å². The van der Waals surface area contributed by atoms with Gasteiger partial charge in [0.15, 0.2) is 10.3 Å². The van der Waals surface area contributed by atoms with Crippen molar-refractivity contribution in [2.45, 2.75) is 18.8 Å². The summed E-state index contributed by atoms with van der Waals surface area (Å²) in [6.45, 7) is 0. The van der Waals surface area contributed by atoms with Gasteiger partial charge in [-0.3, -0.25) is 15.6 Å². The molecule has 0 spiro atoms. The van der Waals surface area contributed by atoms with Crippen LogP contribution in [-0.4, -0.2) is 27.7 Å². The SMILES string of the molecule is N=C(N)SCCc1ccc([C@H](CSC(=N)N)CC(N)=O)cc1. The first-order valence-electron chi connectivity index (χ1n) is 6.69. The summed E-state index contributed by atoms with van der Waals surface area (Å²) >= 11 is 2.53. The fourth-order valence-corrected chi connectivity index (χ4v) is 3.19. The second-order valence-corrected chi connectivity index (χ2v) is 6.95. The standard InChI is InChI=1S/C14H21N5OS2/c15-12(20)7-11(8-22-14(18)19)10-3-1-9(2-4-10)5-6-21-13(16)17/h1-4,11H,5-8H2,(H2,15,20)(H3,16,17)(H3,18,19)/t11-/m0/s1. The first kappa shape index (κ1) is 18.4. The van der Waals surface area contributed by atoms with E-state index in [1.165, 1.54) is 23.5 Å². The lowest BCUT2D eigenvalue weighted by atomic mass is 9.96. The van der Waals surface area contributed by atoms with Gasteiger partial charge in [0.1, 0.15) is 0 Å². The van der Waals surface area contributed by atoms with E-state index in [0.717, 1.165) is 23.3 Å². The Morgan fingerprint density at radius 3 is 2.14 bits per heavy atom. The van der Waals surface area contributed by atoms with Gasteiger partial charge in [0, 0.05) is 23.8 Å². The van der Waals surface area contributed by atoms with Crippen LogP contribution in [0.1, 0.15) is 23.5 Å². The molecule has 1 atom stereocenters. The van der Waals surface area contributed by atoms with E-state index in [1.807, 2.05) is 24.3 Å². The van der Waals surface area contributed by atoms with Crippen molar-refractivity contribution in [2.75, 3.05) is 11.5 Å². The Morgan fingerprint density at radius 2 is 1.64 bits per heavy atom. The topological polar surface area (TPSA) is 143 Å². The zero-order chi connectivity index (χ0) is 16.5. The van der Waals surface area contributed by atoms with Crippen molar-refractivity contribution >= 4 is 39.8 Å². The molecule has 0 unspecified atom stereocenters. The average molecular weight is 339 g/mol. The number of hydrogen-bond acceptors (Lipinski definition) is 5. The molecule has 0 fully saturated rings. The van der Waals surface area contributed by atoms with E-state index in [9.17, 15) is 4.79 Å². The number of amides is 1. The molecule has 8 N–H and O–H groups in total. The Hall–Kier alpha value is -1.67. The lowest BCUT2D eigenvalue weighted by molar-refractivity contribution is -0.118. The van der Waals surface area contributed by atoms with E-state index >= 15 is 0 Å². The van der Waals surface area contributed by atoms with Crippen LogP contribution >= 0.6 is 23.5 Å². The van der Waals surface area contributed by atoms with E-state index < -0.39 is 0 Å². The van der Waals surface area contributed by atoms with Gasteiger partial charge in [-0.15, -0.1) is 0 Å². The lowest BCUT2D eigenvalue weighted by Gasteiger charge is -2.15. The van der Waals surface area contributed by atoms with Crippen LogP contribution in [0, 0.1) is 10.8 Å². The van der Waals surface area contributed by atoms with Gasteiger partial charge in [-0.2, -0.15) is 0 Å². The first-order chi connectivity index (χ1) is 10.4. The number of nitrogens with one attached hydrogen (secondary N) is 2. The minimum atomic E-state index is -0.365. The third-order valence-electron chi connectivity index (χ3n) is 2.99. The fraction of sp³-hybridized carbons (Fsp3) is 0.357. The van der Waals surface area contributed by atoms with Crippen molar-refractivity contribution in [1.82, 2.24) is 0 Å². The molecule has 1 rings (SSSR count). The largest absolute Gasteiger partial charge is 0.379 e. The highest BCUT2D eigenvalue weighted by molar-refractivity contribution is 8.13. The second kappa shape index (κ2) is 9.37. The van der Waals surface area contributed by atoms with Crippen molar-refractivity contribution in [2.24, 2.45) is 17.2 Å². The van der Waals surface area contributed by atoms with E-state index in [-0.39, 0.29) is 28.6 Å². The van der Waals surface area contributed by atoms with Crippen molar-refractivity contribution in [3.63, 3.8) is 0 Å². The number of benzene rings is 1. The Morgan fingerprint density at radius 1 is 1.05 bits per heavy atom. The summed E-state index contributed by atoms with van der Waals surface area (Å²) in [4.78, 5) is 11.2. The van der Waals surface area contributed by atoms with Crippen LogP contribution in [0.15, 0.2) is 24.3 Å². The molecular weight excluding hydrogens is 318 g/mol. The van der Waals surface area contributed by atoms with Crippen LogP contribution in [0.25, 0.3) is 0 Å². The Bertz CT molecular complexity index is 533. The molecule has 22 heavy (non-hydrogen) atoms. The molecule has 6 nitrogen and oxygen atoms in total. The van der Waals surface area contributed by atoms with Crippen LogP contribution in [0.2, 0.25) is 0 Å². The molecule has 8 heteroatoms. The maximum absolute atomic E-state index is 11.2. The molecular formula is C14H21N5OS2. The van der Waals surface area contributed by atoms with Gasteiger partial charge in [-0.05, 0) is 17.5 Å². The number of thioether (sulfide) groups is 2. The number of hydrogen-bond donors (Lipinski definition) is 5. The van der Waals surface area contributed by atoms with Gasteiger partial charge in [-0.1, -0.05) is 47.8 Å². The number of rotatable bonds is 8.